The minimum atomic E-state index is -0.316. The molecule has 1 heterocycles. The van der Waals surface area contributed by atoms with Crippen LogP contribution >= 0.6 is 0 Å². The van der Waals surface area contributed by atoms with Crippen LogP contribution in [-0.2, 0) is 22.4 Å². The van der Waals surface area contributed by atoms with E-state index in [-0.39, 0.29) is 5.97 Å². The minimum absolute atomic E-state index is 0.316. The molecule has 0 unspecified atom stereocenters. The average Bonchev–Trinajstić information content (AvgIpc) is 3.13. The lowest BCUT2D eigenvalue weighted by molar-refractivity contribution is 0.0502. The summed E-state index contributed by atoms with van der Waals surface area (Å²) < 4.78 is 5.34. The fraction of sp³-hybridized carbons (Fsp3) is 0.304. The van der Waals surface area contributed by atoms with Gasteiger partial charge in [-0.25, -0.2) is 9.59 Å². The quantitative estimate of drug-likeness (QED) is 0.421. The molecule has 0 spiro atoms. The molecule has 0 atom stereocenters. The van der Waals surface area contributed by atoms with Gasteiger partial charge >= 0.3 is 5.97 Å². The molecule has 28 heavy (non-hydrogen) atoms. The molecule has 5 nitrogen and oxygen atoms in total. The number of carbonyl (C=O) groups excluding carboxylic acids is 2. The Morgan fingerprint density at radius 3 is 2.75 bits per heavy atom. The summed E-state index contributed by atoms with van der Waals surface area (Å²) in [6, 6.07) is 15.2. The van der Waals surface area contributed by atoms with Gasteiger partial charge in [0, 0.05) is 25.1 Å². The van der Waals surface area contributed by atoms with Gasteiger partial charge in [0.1, 0.15) is 12.0 Å². The molecule has 0 bridgehead atoms. The van der Waals surface area contributed by atoms with Crippen molar-refractivity contribution in [1.29, 1.82) is 5.26 Å². The lowest BCUT2D eigenvalue weighted by atomic mass is 9.99. The van der Waals surface area contributed by atoms with Crippen LogP contribution in [0.15, 0.2) is 48.0 Å². The molecule has 0 N–H and O–H groups in total. The highest BCUT2D eigenvalue weighted by Crippen LogP contribution is 2.33. The summed E-state index contributed by atoms with van der Waals surface area (Å²) in [5, 5.41) is 9.58. The van der Waals surface area contributed by atoms with Gasteiger partial charge in [-0.1, -0.05) is 24.3 Å². The number of allylic oxidation sites excluding steroid dienone is 1. The summed E-state index contributed by atoms with van der Waals surface area (Å²) in [4.78, 5) is 24.9. The number of rotatable bonds is 7. The molecule has 5 heteroatoms. The van der Waals surface area contributed by atoms with E-state index in [1.807, 2.05) is 30.2 Å². The molecule has 0 aromatic heterocycles. The first-order chi connectivity index (χ1) is 13.6. The van der Waals surface area contributed by atoms with Crippen molar-refractivity contribution in [1.82, 2.24) is 0 Å². The monoisotopic (exact) mass is 374 g/mol. The zero-order chi connectivity index (χ0) is 19.9. The molecule has 0 saturated carbocycles. The van der Waals surface area contributed by atoms with Crippen molar-refractivity contribution in [3.8, 4) is 6.07 Å². The van der Waals surface area contributed by atoms with Crippen LogP contribution in [0.1, 0.15) is 40.4 Å². The van der Waals surface area contributed by atoms with Crippen molar-refractivity contribution in [3.63, 3.8) is 0 Å². The van der Waals surface area contributed by atoms with E-state index < -0.39 is 0 Å². The van der Waals surface area contributed by atoms with Crippen molar-refractivity contribution >= 4 is 17.6 Å². The molecule has 2 aromatic rings. The fourth-order valence-electron chi connectivity index (χ4n) is 3.52. The highest BCUT2D eigenvalue weighted by atomic mass is 16.5. The lowest BCUT2D eigenvalue weighted by Gasteiger charge is -2.21. The molecule has 2 aromatic carbocycles. The predicted molar refractivity (Wildman–Crippen MR) is 107 cm³/mol. The second-order valence-corrected chi connectivity index (χ2v) is 6.91. The largest absolute Gasteiger partial charge is 0.462 e. The normalized spacial score (nSPS) is 12.1. The van der Waals surface area contributed by atoms with Gasteiger partial charge in [0.2, 0.25) is 0 Å². The Morgan fingerprint density at radius 2 is 2.04 bits per heavy atom. The van der Waals surface area contributed by atoms with Crippen molar-refractivity contribution < 1.29 is 14.3 Å². The number of nitrogens with zero attached hydrogens (tertiary/aromatic N) is 2. The van der Waals surface area contributed by atoms with E-state index in [0.29, 0.717) is 36.1 Å². The summed E-state index contributed by atoms with van der Waals surface area (Å²) in [6.07, 6.45) is 2.07. The Balaban J connectivity index is 1.60. The summed E-state index contributed by atoms with van der Waals surface area (Å²) in [5.41, 5.74) is 4.87. The third kappa shape index (κ3) is 4.49. The molecular weight excluding hydrogens is 352 g/mol. The molecule has 0 saturated heterocycles. The lowest BCUT2D eigenvalue weighted by Crippen LogP contribution is -2.24. The summed E-state index contributed by atoms with van der Waals surface area (Å²) >= 11 is 0. The number of esters is 1. The van der Waals surface area contributed by atoms with E-state index in [1.54, 1.807) is 19.1 Å². The molecule has 1 aliphatic rings. The summed E-state index contributed by atoms with van der Waals surface area (Å²) in [7, 11) is 0. The van der Waals surface area contributed by atoms with Crippen LogP contribution in [0.5, 0.6) is 0 Å². The molecular formula is C23H22N2O3. The Hall–Kier alpha value is -3.35. The van der Waals surface area contributed by atoms with E-state index >= 15 is 0 Å². The first kappa shape index (κ1) is 19.4. The van der Waals surface area contributed by atoms with Gasteiger partial charge in [-0.3, -0.25) is 0 Å². The SMILES string of the molecule is CC(=C=O)Cc1cc(C#N)c2c(c1)CCN2CCCOC(=O)c1ccccc1. The number of fused-ring (bicyclic) bond motifs is 1. The van der Waals surface area contributed by atoms with E-state index in [1.165, 1.54) is 0 Å². The molecule has 0 radical (unpaired) electrons. The van der Waals surface area contributed by atoms with Gasteiger partial charge in [-0.15, -0.1) is 0 Å². The maximum absolute atomic E-state index is 12.0. The van der Waals surface area contributed by atoms with E-state index in [4.69, 9.17) is 4.74 Å². The van der Waals surface area contributed by atoms with Crippen LogP contribution in [0.2, 0.25) is 0 Å². The van der Waals surface area contributed by atoms with Crippen LogP contribution in [0.25, 0.3) is 0 Å². The number of hydrogen-bond acceptors (Lipinski definition) is 5. The van der Waals surface area contributed by atoms with E-state index in [2.05, 4.69) is 17.0 Å². The standard InChI is InChI=1S/C23H22N2O3/c1-17(16-26)12-18-13-20-8-10-25(22(20)21(14-18)15-24)9-5-11-28-23(27)19-6-3-2-4-7-19/h2-4,6-7,13-14H,5,8-12H2,1H3. The van der Waals surface area contributed by atoms with Crippen LogP contribution in [-0.4, -0.2) is 31.6 Å². The molecule has 0 aliphatic carbocycles. The number of nitriles is 1. The van der Waals surface area contributed by atoms with Gasteiger partial charge < -0.3 is 9.64 Å². The maximum atomic E-state index is 12.0. The van der Waals surface area contributed by atoms with Crippen molar-refractivity contribution in [2.75, 3.05) is 24.6 Å². The third-order valence-corrected chi connectivity index (χ3v) is 4.79. The van der Waals surface area contributed by atoms with E-state index in [0.717, 1.165) is 36.3 Å². The Labute approximate surface area is 164 Å². The van der Waals surface area contributed by atoms with Crippen LogP contribution in [0.4, 0.5) is 5.69 Å². The average molecular weight is 374 g/mol. The van der Waals surface area contributed by atoms with Gasteiger partial charge in [-0.2, -0.15) is 5.26 Å². The zero-order valence-corrected chi connectivity index (χ0v) is 15.9. The second kappa shape index (κ2) is 9.03. The van der Waals surface area contributed by atoms with E-state index in [9.17, 15) is 14.9 Å². The predicted octanol–water partition coefficient (Wildman–Crippen LogP) is 3.49. The first-order valence-corrected chi connectivity index (χ1v) is 9.36. The first-order valence-electron chi connectivity index (χ1n) is 9.36. The summed E-state index contributed by atoms with van der Waals surface area (Å²) in [5.74, 6) is 1.60. The second-order valence-electron chi connectivity index (χ2n) is 6.91. The number of carbonyl (C=O) groups is 1. The third-order valence-electron chi connectivity index (χ3n) is 4.79. The molecule has 0 fully saturated rings. The highest BCUT2D eigenvalue weighted by Gasteiger charge is 2.23. The summed E-state index contributed by atoms with van der Waals surface area (Å²) in [6.45, 7) is 3.64. The maximum Gasteiger partial charge on any atom is 0.338 e. The van der Waals surface area contributed by atoms with Gasteiger partial charge in [-0.05, 0) is 49.1 Å². The minimum Gasteiger partial charge on any atom is -0.462 e. The Kier molecular flexibility index (Phi) is 6.26. The van der Waals surface area contributed by atoms with Gasteiger partial charge in [0.05, 0.1) is 23.4 Å². The van der Waals surface area contributed by atoms with Crippen molar-refractivity contribution in [3.05, 3.63) is 70.3 Å². The topological polar surface area (TPSA) is 70.4 Å². The molecule has 1 aliphatic heterocycles. The Morgan fingerprint density at radius 1 is 1.25 bits per heavy atom. The Bertz CT molecular complexity index is 954. The number of anilines is 1. The highest BCUT2D eigenvalue weighted by molar-refractivity contribution is 5.89. The molecule has 142 valence electrons. The zero-order valence-electron chi connectivity index (χ0n) is 15.9. The number of hydrogen-bond donors (Lipinski definition) is 0. The van der Waals surface area contributed by atoms with Crippen LogP contribution in [0.3, 0.4) is 0 Å². The number of ether oxygens (including phenoxy) is 1. The van der Waals surface area contributed by atoms with Gasteiger partial charge in [0.15, 0.2) is 0 Å². The smallest absolute Gasteiger partial charge is 0.338 e. The fourth-order valence-corrected chi connectivity index (χ4v) is 3.52. The van der Waals surface area contributed by atoms with Gasteiger partial charge in [0.25, 0.3) is 0 Å². The van der Waals surface area contributed by atoms with Crippen molar-refractivity contribution in [2.24, 2.45) is 0 Å². The molecule has 0 amide bonds. The number of benzene rings is 2. The molecule has 3 rings (SSSR count). The van der Waals surface area contributed by atoms with Crippen LogP contribution in [0, 0.1) is 11.3 Å². The van der Waals surface area contributed by atoms with Crippen molar-refractivity contribution in [2.45, 2.75) is 26.2 Å². The van der Waals surface area contributed by atoms with Crippen LogP contribution < -0.4 is 4.90 Å².